The number of anilines is 1. The van der Waals surface area contributed by atoms with Gasteiger partial charge in [0.2, 0.25) is 0 Å². The highest BCUT2D eigenvalue weighted by molar-refractivity contribution is 7.80. The summed E-state index contributed by atoms with van der Waals surface area (Å²) < 4.78 is 0. The van der Waals surface area contributed by atoms with Crippen LogP contribution >= 0.6 is 23.8 Å². The fourth-order valence-corrected chi connectivity index (χ4v) is 2.74. The molecule has 0 spiro atoms. The van der Waals surface area contributed by atoms with Gasteiger partial charge in [0.1, 0.15) is 0 Å². The van der Waals surface area contributed by atoms with Crippen LogP contribution in [0, 0.1) is 6.92 Å². The molecule has 0 heterocycles. The zero-order valence-electron chi connectivity index (χ0n) is 14.5. The van der Waals surface area contributed by atoms with Crippen LogP contribution in [0.25, 0.3) is 0 Å². The van der Waals surface area contributed by atoms with Crippen LogP contribution in [-0.2, 0) is 6.54 Å². The molecular weight excluding hydrogens is 338 g/mol. The monoisotopic (exact) mass is 362 g/mol. The van der Waals surface area contributed by atoms with E-state index in [0.29, 0.717) is 0 Å². The Balaban J connectivity index is 2.09. The van der Waals surface area contributed by atoms with Gasteiger partial charge in [-0.15, -0.1) is 0 Å². The lowest BCUT2D eigenvalue weighted by atomic mass is 10.2. The molecule has 24 heavy (non-hydrogen) atoms. The summed E-state index contributed by atoms with van der Waals surface area (Å²) in [7, 11) is 4.30. The van der Waals surface area contributed by atoms with E-state index in [1.54, 1.807) is 0 Å². The van der Waals surface area contributed by atoms with Gasteiger partial charge in [0.05, 0.1) is 27.2 Å². The summed E-state index contributed by atoms with van der Waals surface area (Å²) in [4.78, 5) is 3.60. The quantitative estimate of drug-likeness (QED) is 0.771. The summed E-state index contributed by atoms with van der Waals surface area (Å²) in [5.41, 5.74) is 3.23. The van der Waals surface area contributed by atoms with E-state index in [1.807, 2.05) is 31.2 Å². The molecule has 0 amide bonds. The number of hydrogen-bond donors (Lipinski definition) is 2. The highest BCUT2D eigenvalue weighted by Crippen LogP contribution is 2.20. The maximum Gasteiger partial charge on any atom is 0.173 e. The number of halogens is 1. The summed E-state index contributed by atoms with van der Waals surface area (Å²) in [6.07, 6.45) is 0. The van der Waals surface area contributed by atoms with Crippen LogP contribution in [0.3, 0.4) is 0 Å². The molecule has 5 heteroatoms. The molecule has 2 rings (SSSR count). The van der Waals surface area contributed by atoms with Gasteiger partial charge in [-0.05, 0) is 42.4 Å². The molecule has 0 unspecified atom stereocenters. The van der Waals surface area contributed by atoms with E-state index in [9.17, 15) is 0 Å². The zero-order chi connectivity index (χ0) is 17.5. The molecule has 0 aromatic heterocycles. The smallest absolute Gasteiger partial charge is 0.173 e. The van der Waals surface area contributed by atoms with Crippen LogP contribution in [0.5, 0.6) is 0 Å². The Kier molecular flexibility index (Phi) is 7.03. The Labute approximate surface area is 155 Å². The molecule has 3 nitrogen and oxygen atoms in total. The fourth-order valence-electron chi connectivity index (χ4n) is 2.29. The summed E-state index contributed by atoms with van der Waals surface area (Å²) in [5.74, 6) is 0. The van der Waals surface area contributed by atoms with Crippen LogP contribution < -0.4 is 10.2 Å². The maximum atomic E-state index is 6.21. The number of hydrogen-bond acceptors (Lipinski definition) is 1. The van der Waals surface area contributed by atoms with Gasteiger partial charge in [-0.1, -0.05) is 48.0 Å². The van der Waals surface area contributed by atoms with E-state index in [0.717, 1.165) is 41.0 Å². The summed E-state index contributed by atoms with van der Waals surface area (Å²) in [6.45, 7) is 4.69. The van der Waals surface area contributed by atoms with Crippen LogP contribution in [0.1, 0.15) is 11.1 Å². The molecule has 0 aliphatic rings. The number of aryl methyl sites for hydroxylation is 1. The predicted octanol–water partition coefficient (Wildman–Crippen LogP) is 2.99. The maximum absolute atomic E-state index is 6.21. The number of nitrogens with one attached hydrogen (secondary N) is 2. The molecule has 0 radical (unpaired) electrons. The summed E-state index contributed by atoms with van der Waals surface area (Å²) in [6, 6.07) is 16.3. The van der Waals surface area contributed by atoms with Crippen molar-refractivity contribution in [3.63, 3.8) is 0 Å². The van der Waals surface area contributed by atoms with Crippen LogP contribution in [0.15, 0.2) is 48.5 Å². The minimum atomic E-state index is 0.722. The third kappa shape index (κ3) is 5.78. The number of likely N-dealkylation sites (N-methyl/N-ethyl adjacent to an activating group) is 1. The minimum Gasteiger partial charge on any atom is -0.339 e. The third-order valence-electron chi connectivity index (χ3n) is 3.81. The molecule has 0 saturated carbocycles. The van der Waals surface area contributed by atoms with Crippen LogP contribution in [-0.4, -0.2) is 37.2 Å². The molecule has 0 saturated heterocycles. The van der Waals surface area contributed by atoms with Gasteiger partial charge in [0.15, 0.2) is 5.11 Å². The van der Waals surface area contributed by atoms with Gasteiger partial charge in [-0.3, -0.25) is 0 Å². The molecule has 128 valence electrons. The van der Waals surface area contributed by atoms with Crippen molar-refractivity contribution >= 4 is 34.6 Å². The minimum absolute atomic E-state index is 0.722. The molecule has 2 aromatic rings. The van der Waals surface area contributed by atoms with Crippen molar-refractivity contribution in [1.29, 1.82) is 0 Å². The van der Waals surface area contributed by atoms with Gasteiger partial charge >= 0.3 is 0 Å². The van der Waals surface area contributed by atoms with Crippen molar-refractivity contribution in [3.8, 4) is 0 Å². The largest absolute Gasteiger partial charge is 0.339 e. The highest BCUT2D eigenvalue weighted by atomic mass is 35.5. The standard InChI is InChI=1S/C19H24ClN3S/c1-15-9-10-17(13-18(15)20)21-19(24)23(12-11-22(2)3)14-16-7-5-4-6-8-16/h4-10,13H,11-12,14H2,1-3H3,(H,21,24)/p+1. The van der Waals surface area contributed by atoms with E-state index in [4.69, 9.17) is 23.8 Å². The van der Waals surface area contributed by atoms with Gasteiger partial charge in [-0.25, -0.2) is 0 Å². The van der Waals surface area contributed by atoms with E-state index in [1.165, 1.54) is 10.5 Å². The topological polar surface area (TPSA) is 19.7 Å². The molecule has 0 aliphatic carbocycles. The molecule has 0 fully saturated rings. The van der Waals surface area contributed by atoms with Crippen molar-refractivity contribution < 1.29 is 4.90 Å². The Bertz CT molecular complexity index is 674. The first-order valence-corrected chi connectivity index (χ1v) is 8.89. The lowest BCUT2D eigenvalue weighted by Crippen LogP contribution is -3.06. The second kappa shape index (κ2) is 9.02. The summed E-state index contributed by atoms with van der Waals surface area (Å²) in [5, 5.41) is 4.79. The second-order valence-corrected chi connectivity index (χ2v) is 7.05. The Hall–Kier alpha value is -1.62. The average Bonchev–Trinajstić information content (AvgIpc) is 2.55. The van der Waals surface area contributed by atoms with Gasteiger partial charge < -0.3 is 15.1 Å². The average molecular weight is 363 g/mol. The van der Waals surface area contributed by atoms with Crippen molar-refractivity contribution in [2.75, 3.05) is 32.5 Å². The van der Waals surface area contributed by atoms with Crippen LogP contribution in [0.2, 0.25) is 5.02 Å². The third-order valence-corrected chi connectivity index (χ3v) is 4.58. The second-order valence-electron chi connectivity index (χ2n) is 6.26. The lowest BCUT2D eigenvalue weighted by molar-refractivity contribution is -0.857. The van der Waals surface area contributed by atoms with Crippen molar-refractivity contribution in [2.24, 2.45) is 0 Å². The first kappa shape index (κ1) is 18.7. The van der Waals surface area contributed by atoms with Crippen molar-refractivity contribution in [3.05, 3.63) is 64.7 Å². The fraction of sp³-hybridized carbons (Fsp3) is 0.316. The SMILES string of the molecule is Cc1ccc(NC(=S)N(CC[NH+](C)C)Cc2ccccc2)cc1Cl. The van der Waals surface area contributed by atoms with E-state index < -0.39 is 0 Å². The number of quaternary nitrogens is 1. The first-order chi connectivity index (χ1) is 11.5. The first-order valence-electron chi connectivity index (χ1n) is 8.10. The molecule has 0 atom stereocenters. The molecule has 2 aromatic carbocycles. The van der Waals surface area contributed by atoms with E-state index in [-0.39, 0.29) is 0 Å². The molecule has 2 N–H and O–H groups in total. The molecule has 0 bridgehead atoms. The zero-order valence-corrected chi connectivity index (χ0v) is 16.0. The summed E-state index contributed by atoms with van der Waals surface area (Å²) >= 11 is 11.9. The Morgan fingerprint density at radius 3 is 2.50 bits per heavy atom. The number of nitrogens with zero attached hydrogens (tertiary/aromatic N) is 1. The Morgan fingerprint density at radius 2 is 1.88 bits per heavy atom. The van der Waals surface area contributed by atoms with Crippen molar-refractivity contribution in [2.45, 2.75) is 13.5 Å². The Morgan fingerprint density at radius 1 is 1.17 bits per heavy atom. The van der Waals surface area contributed by atoms with E-state index >= 15 is 0 Å². The number of thiocarbonyl (C=S) groups is 1. The highest BCUT2D eigenvalue weighted by Gasteiger charge is 2.12. The van der Waals surface area contributed by atoms with Crippen molar-refractivity contribution in [1.82, 2.24) is 4.90 Å². The van der Waals surface area contributed by atoms with Gasteiger partial charge in [0.25, 0.3) is 0 Å². The van der Waals surface area contributed by atoms with E-state index in [2.05, 4.69) is 48.6 Å². The predicted molar refractivity (Wildman–Crippen MR) is 107 cm³/mol. The molecular formula is C19H25ClN3S+. The van der Waals surface area contributed by atoms with Gasteiger partial charge in [-0.2, -0.15) is 0 Å². The number of benzene rings is 2. The number of rotatable bonds is 6. The van der Waals surface area contributed by atoms with Gasteiger partial charge in [0, 0.05) is 17.3 Å². The van der Waals surface area contributed by atoms with Crippen LogP contribution in [0.4, 0.5) is 5.69 Å². The lowest BCUT2D eigenvalue weighted by Gasteiger charge is -2.26. The normalized spacial score (nSPS) is 10.7. The molecule has 0 aliphatic heterocycles.